The van der Waals surface area contributed by atoms with E-state index in [1.807, 2.05) is 0 Å². The SMILES string of the molecule is CC(C)NC(=O)CN1C(=O)NC(=O)C2(CCCCC2)C1=O. The van der Waals surface area contributed by atoms with Gasteiger partial charge in [0.15, 0.2) is 0 Å². The number of rotatable bonds is 3. The average Bonchev–Trinajstić information content (AvgIpc) is 2.42. The standard InChI is InChI=1S/C14H21N3O4/c1-9(2)15-10(18)8-17-12(20)14(6-4-3-5-7-14)11(19)16-13(17)21/h9H,3-8H2,1-2H3,(H,15,18)(H,16,19,21). The second-order valence-corrected chi connectivity index (χ2v) is 6.02. The molecule has 1 aliphatic heterocycles. The Hall–Kier alpha value is -1.92. The lowest BCUT2D eigenvalue weighted by molar-refractivity contribution is -0.155. The van der Waals surface area contributed by atoms with Crippen molar-refractivity contribution in [2.45, 2.75) is 52.0 Å². The number of hydrogen-bond acceptors (Lipinski definition) is 4. The number of hydrogen-bond donors (Lipinski definition) is 2. The first-order valence-corrected chi connectivity index (χ1v) is 7.33. The van der Waals surface area contributed by atoms with E-state index < -0.39 is 29.2 Å². The van der Waals surface area contributed by atoms with Gasteiger partial charge in [0.2, 0.25) is 17.7 Å². The summed E-state index contributed by atoms with van der Waals surface area (Å²) in [6, 6.07) is -0.883. The number of amides is 5. The molecule has 0 aromatic heterocycles. The topological polar surface area (TPSA) is 95.6 Å². The van der Waals surface area contributed by atoms with Crippen LogP contribution in [0, 0.1) is 5.41 Å². The highest BCUT2D eigenvalue weighted by atomic mass is 16.2. The highest BCUT2D eigenvalue weighted by molar-refractivity contribution is 6.20. The zero-order chi connectivity index (χ0) is 15.6. The lowest BCUT2D eigenvalue weighted by Gasteiger charge is -2.41. The Kier molecular flexibility index (Phi) is 4.29. The zero-order valence-electron chi connectivity index (χ0n) is 12.4. The quantitative estimate of drug-likeness (QED) is 0.743. The van der Waals surface area contributed by atoms with Crippen molar-refractivity contribution in [2.75, 3.05) is 6.54 Å². The van der Waals surface area contributed by atoms with Crippen molar-refractivity contribution in [3.63, 3.8) is 0 Å². The van der Waals surface area contributed by atoms with Crippen LogP contribution in [0.4, 0.5) is 4.79 Å². The number of urea groups is 1. The van der Waals surface area contributed by atoms with Gasteiger partial charge in [-0.05, 0) is 26.7 Å². The van der Waals surface area contributed by atoms with Crippen molar-refractivity contribution >= 4 is 23.8 Å². The van der Waals surface area contributed by atoms with Gasteiger partial charge in [-0.2, -0.15) is 0 Å². The highest BCUT2D eigenvalue weighted by Gasteiger charge is 2.54. The molecule has 0 radical (unpaired) electrons. The first-order chi connectivity index (χ1) is 9.86. The fourth-order valence-corrected chi connectivity index (χ4v) is 2.98. The van der Waals surface area contributed by atoms with Gasteiger partial charge >= 0.3 is 6.03 Å². The molecule has 7 nitrogen and oxygen atoms in total. The Morgan fingerprint density at radius 1 is 1.24 bits per heavy atom. The smallest absolute Gasteiger partial charge is 0.331 e. The molecule has 2 N–H and O–H groups in total. The summed E-state index contributed by atoms with van der Waals surface area (Å²) in [4.78, 5) is 49.2. The van der Waals surface area contributed by atoms with E-state index in [4.69, 9.17) is 0 Å². The predicted molar refractivity (Wildman–Crippen MR) is 74.0 cm³/mol. The van der Waals surface area contributed by atoms with Crippen LogP contribution in [0.25, 0.3) is 0 Å². The van der Waals surface area contributed by atoms with Crippen molar-refractivity contribution in [2.24, 2.45) is 5.41 Å². The second kappa shape index (κ2) is 5.83. The zero-order valence-corrected chi connectivity index (χ0v) is 12.4. The van der Waals surface area contributed by atoms with Crippen LogP contribution in [0.15, 0.2) is 0 Å². The Morgan fingerprint density at radius 2 is 1.86 bits per heavy atom. The minimum Gasteiger partial charge on any atom is -0.352 e. The minimum absolute atomic E-state index is 0.0780. The second-order valence-electron chi connectivity index (χ2n) is 6.02. The van der Waals surface area contributed by atoms with Crippen LogP contribution >= 0.6 is 0 Å². The average molecular weight is 295 g/mol. The number of carbonyl (C=O) groups excluding carboxylic acids is 4. The molecule has 2 fully saturated rings. The molecule has 1 aliphatic carbocycles. The van der Waals surface area contributed by atoms with Crippen molar-refractivity contribution in [1.29, 1.82) is 0 Å². The third-order valence-corrected chi connectivity index (χ3v) is 4.01. The maximum atomic E-state index is 12.6. The molecule has 1 heterocycles. The summed E-state index contributed by atoms with van der Waals surface area (Å²) in [5.41, 5.74) is -1.16. The Morgan fingerprint density at radius 3 is 2.43 bits per heavy atom. The van der Waals surface area contributed by atoms with Crippen LogP contribution < -0.4 is 10.6 Å². The molecule has 7 heteroatoms. The van der Waals surface area contributed by atoms with Crippen LogP contribution in [0.1, 0.15) is 46.0 Å². The Balaban J connectivity index is 2.17. The molecule has 21 heavy (non-hydrogen) atoms. The van der Waals surface area contributed by atoms with Crippen LogP contribution in [0.3, 0.4) is 0 Å². The maximum absolute atomic E-state index is 12.6. The van der Waals surface area contributed by atoms with Gasteiger partial charge in [-0.25, -0.2) is 4.79 Å². The molecule has 0 unspecified atom stereocenters. The third kappa shape index (κ3) is 2.91. The summed E-state index contributed by atoms with van der Waals surface area (Å²) in [7, 11) is 0. The number of imide groups is 2. The Labute approximate surface area is 123 Å². The lowest BCUT2D eigenvalue weighted by atomic mass is 9.71. The summed E-state index contributed by atoms with van der Waals surface area (Å²) in [5, 5.41) is 4.86. The van der Waals surface area contributed by atoms with E-state index in [1.54, 1.807) is 13.8 Å². The molecule has 1 saturated heterocycles. The molecule has 2 aliphatic rings. The van der Waals surface area contributed by atoms with Gasteiger partial charge in [0.25, 0.3) is 0 Å². The monoisotopic (exact) mass is 295 g/mol. The molecule has 0 aromatic carbocycles. The molecule has 2 rings (SSSR count). The molecule has 1 saturated carbocycles. The van der Waals surface area contributed by atoms with Crippen LogP contribution in [-0.4, -0.2) is 41.2 Å². The number of barbiturate groups is 1. The van der Waals surface area contributed by atoms with Gasteiger partial charge in [-0.15, -0.1) is 0 Å². The van der Waals surface area contributed by atoms with Gasteiger partial charge in [0, 0.05) is 6.04 Å². The number of carbonyl (C=O) groups is 4. The normalized spacial score (nSPS) is 21.7. The number of nitrogens with zero attached hydrogens (tertiary/aromatic N) is 1. The van der Waals surface area contributed by atoms with Crippen molar-refractivity contribution in [3.05, 3.63) is 0 Å². The van der Waals surface area contributed by atoms with E-state index in [9.17, 15) is 19.2 Å². The van der Waals surface area contributed by atoms with E-state index in [1.165, 1.54) is 0 Å². The molecular weight excluding hydrogens is 274 g/mol. The fraction of sp³-hybridized carbons (Fsp3) is 0.714. The lowest BCUT2D eigenvalue weighted by Crippen LogP contribution is -2.65. The molecule has 1 spiro atoms. The van der Waals surface area contributed by atoms with E-state index in [-0.39, 0.29) is 12.6 Å². The summed E-state index contributed by atoms with van der Waals surface area (Å²) in [6.45, 7) is 3.24. The number of nitrogens with one attached hydrogen (secondary N) is 2. The van der Waals surface area contributed by atoms with Gasteiger partial charge in [-0.1, -0.05) is 19.3 Å². The summed E-state index contributed by atoms with van der Waals surface area (Å²) >= 11 is 0. The summed E-state index contributed by atoms with van der Waals surface area (Å²) < 4.78 is 0. The predicted octanol–water partition coefficient (Wildman–Crippen LogP) is 0.540. The van der Waals surface area contributed by atoms with Gasteiger partial charge < -0.3 is 5.32 Å². The molecule has 116 valence electrons. The molecular formula is C14H21N3O4. The largest absolute Gasteiger partial charge is 0.352 e. The van der Waals surface area contributed by atoms with Crippen molar-refractivity contribution in [3.8, 4) is 0 Å². The third-order valence-electron chi connectivity index (χ3n) is 4.01. The Bertz CT molecular complexity index is 481. The molecule has 0 aromatic rings. The first-order valence-electron chi connectivity index (χ1n) is 7.33. The summed E-state index contributed by atoms with van der Waals surface area (Å²) in [6.07, 6.45) is 3.41. The first kappa shape index (κ1) is 15.5. The van der Waals surface area contributed by atoms with Gasteiger partial charge in [-0.3, -0.25) is 24.6 Å². The van der Waals surface area contributed by atoms with Crippen LogP contribution in [0.5, 0.6) is 0 Å². The molecule has 0 bridgehead atoms. The highest BCUT2D eigenvalue weighted by Crippen LogP contribution is 2.40. The van der Waals surface area contributed by atoms with Crippen LogP contribution in [-0.2, 0) is 14.4 Å². The molecule has 5 amide bonds. The molecule has 0 atom stereocenters. The van der Waals surface area contributed by atoms with Crippen molar-refractivity contribution < 1.29 is 19.2 Å². The van der Waals surface area contributed by atoms with Gasteiger partial charge in [0.1, 0.15) is 12.0 Å². The van der Waals surface area contributed by atoms with E-state index in [0.29, 0.717) is 12.8 Å². The van der Waals surface area contributed by atoms with E-state index in [0.717, 1.165) is 24.2 Å². The van der Waals surface area contributed by atoms with Crippen LogP contribution in [0.2, 0.25) is 0 Å². The maximum Gasteiger partial charge on any atom is 0.331 e. The minimum atomic E-state index is -1.16. The van der Waals surface area contributed by atoms with Crippen molar-refractivity contribution in [1.82, 2.24) is 15.5 Å². The van der Waals surface area contributed by atoms with Gasteiger partial charge in [0.05, 0.1) is 0 Å². The fourth-order valence-electron chi connectivity index (χ4n) is 2.98. The van der Waals surface area contributed by atoms with E-state index in [2.05, 4.69) is 10.6 Å². The van der Waals surface area contributed by atoms with E-state index >= 15 is 0 Å². The summed E-state index contributed by atoms with van der Waals surface area (Å²) in [5.74, 6) is -1.46.